The molecule has 2 rings (SSSR count). The number of aromatic nitrogens is 1. The average Bonchev–Trinajstić information content (AvgIpc) is 2.77. The molecule has 0 aliphatic rings. The van der Waals surface area contributed by atoms with Crippen LogP contribution >= 0.6 is 0 Å². The minimum atomic E-state index is 0.00500. The lowest BCUT2D eigenvalue weighted by Gasteiger charge is -2.31. The molecule has 2 aromatic rings. The van der Waals surface area contributed by atoms with E-state index in [1.54, 1.807) is 0 Å². The first-order chi connectivity index (χ1) is 11.7. The first-order valence-corrected chi connectivity index (χ1v) is 8.70. The summed E-state index contributed by atoms with van der Waals surface area (Å²) in [7, 11) is 1.95. The van der Waals surface area contributed by atoms with E-state index in [2.05, 4.69) is 6.07 Å². The normalized spacial score (nSPS) is 11.0. The SMILES string of the molecule is Cc1c(C#N)c(-c2ccccc2C(=O)N(C(C)C)C(C)C)c(C)n1C. The molecule has 0 aliphatic carbocycles. The molecule has 0 saturated carbocycles. The second kappa shape index (κ2) is 7.14. The zero-order chi connectivity index (χ0) is 18.9. The minimum Gasteiger partial charge on any atom is -0.350 e. The summed E-state index contributed by atoms with van der Waals surface area (Å²) in [4.78, 5) is 15.1. The van der Waals surface area contributed by atoms with Crippen LogP contribution in [0.2, 0.25) is 0 Å². The lowest BCUT2D eigenvalue weighted by Crippen LogP contribution is -2.42. The summed E-state index contributed by atoms with van der Waals surface area (Å²) >= 11 is 0. The lowest BCUT2D eigenvalue weighted by molar-refractivity contribution is 0.0644. The number of hydrogen-bond donors (Lipinski definition) is 0. The molecular formula is C21H27N3O. The van der Waals surface area contributed by atoms with Crippen LogP contribution in [0.3, 0.4) is 0 Å². The Morgan fingerprint density at radius 2 is 1.64 bits per heavy atom. The number of amides is 1. The molecule has 0 aliphatic heterocycles. The smallest absolute Gasteiger partial charge is 0.254 e. The van der Waals surface area contributed by atoms with E-state index in [1.165, 1.54) is 0 Å². The van der Waals surface area contributed by atoms with Gasteiger partial charge in [0.15, 0.2) is 0 Å². The maximum Gasteiger partial charge on any atom is 0.254 e. The monoisotopic (exact) mass is 337 g/mol. The van der Waals surface area contributed by atoms with Gasteiger partial charge in [0.25, 0.3) is 5.91 Å². The van der Waals surface area contributed by atoms with Crippen molar-refractivity contribution >= 4 is 5.91 Å². The summed E-state index contributed by atoms with van der Waals surface area (Å²) in [5, 5.41) is 9.65. The number of carbonyl (C=O) groups excluding carboxylic acids is 1. The summed E-state index contributed by atoms with van der Waals surface area (Å²) in [6, 6.07) is 10.1. The molecule has 0 fully saturated rings. The van der Waals surface area contributed by atoms with Gasteiger partial charge in [-0.05, 0) is 53.2 Å². The summed E-state index contributed by atoms with van der Waals surface area (Å²) in [5.74, 6) is 0.00500. The van der Waals surface area contributed by atoms with Crippen LogP contribution in [0.4, 0.5) is 0 Å². The predicted molar refractivity (Wildman–Crippen MR) is 101 cm³/mol. The van der Waals surface area contributed by atoms with Crippen LogP contribution in [0.25, 0.3) is 11.1 Å². The van der Waals surface area contributed by atoms with Crippen molar-refractivity contribution in [2.24, 2.45) is 7.05 Å². The second-order valence-corrected chi connectivity index (χ2v) is 7.04. The minimum absolute atomic E-state index is 0.00500. The standard InChI is InChI=1S/C21H27N3O/c1-13(2)24(14(3)4)21(25)18-11-9-8-10-17(18)20-16(6)23(7)15(5)19(20)12-22/h8-11,13-14H,1-7H3. The molecule has 1 heterocycles. The third-order valence-electron chi connectivity index (χ3n) is 4.87. The Morgan fingerprint density at radius 3 is 2.16 bits per heavy atom. The van der Waals surface area contributed by atoms with E-state index in [4.69, 9.17) is 0 Å². The summed E-state index contributed by atoms with van der Waals surface area (Å²) < 4.78 is 2.01. The highest BCUT2D eigenvalue weighted by Crippen LogP contribution is 2.34. The van der Waals surface area contributed by atoms with E-state index < -0.39 is 0 Å². The van der Waals surface area contributed by atoms with Crippen LogP contribution in [0, 0.1) is 25.2 Å². The number of benzene rings is 1. The summed E-state index contributed by atoms with van der Waals surface area (Å²) in [6.45, 7) is 12.0. The molecule has 0 bridgehead atoms. The number of rotatable bonds is 4. The summed E-state index contributed by atoms with van der Waals surface area (Å²) in [6.07, 6.45) is 0. The maximum atomic E-state index is 13.3. The van der Waals surface area contributed by atoms with E-state index in [0.717, 1.165) is 22.5 Å². The maximum absolute atomic E-state index is 13.3. The molecule has 4 heteroatoms. The molecule has 25 heavy (non-hydrogen) atoms. The lowest BCUT2D eigenvalue weighted by atomic mass is 9.95. The van der Waals surface area contributed by atoms with Gasteiger partial charge in [-0.25, -0.2) is 0 Å². The first-order valence-electron chi connectivity index (χ1n) is 8.70. The second-order valence-electron chi connectivity index (χ2n) is 7.04. The van der Waals surface area contributed by atoms with Crippen LogP contribution in [0.1, 0.15) is 55.0 Å². The van der Waals surface area contributed by atoms with Gasteiger partial charge in [0.05, 0.1) is 5.56 Å². The molecule has 1 aromatic heterocycles. The van der Waals surface area contributed by atoms with Gasteiger partial charge in [-0.3, -0.25) is 4.79 Å². The third kappa shape index (κ3) is 3.19. The molecule has 0 unspecified atom stereocenters. The van der Waals surface area contributed by atoms with E-state index >= 15 is 0 Å². The Morgan fingerprint density at radius 1 is 1.08 bits per heavy atom. The van der Waals surface area contributed by atoms with Crippen LogP contribution in [0.5, 0.6) is 0 Å². The molecule has 0 saturated heterocycles. The van der Waals surface area contributed by atoms with Crippen LogP contribution in [0.15, 0.2) is 24.3 Å². The quantitative estimate of drug-likeness (QED) is 0.828. The molecule has 0 spiro atoms. The van der Waals surface area contributed by atoms with Gasteiger partial charge in [0.2, 0.25) is 0 Å². The molecule has 4 nitrogen and oxygen atoms in total. The van der Waals surface area contributed by atoms with Gasteiger partial charge in [-0.2, -0.15) is 5.26 Å². The Kier molecular flexibility index (Phi) is 5.37. The number of hydrogen-bond acceptors (Lipinski definition) is 2. The van der Waals surface area contributed by atoms with E-state index in [0.29, 0.717) is 11.1 Å². The Hall–Kier alpha value is -2.54. The van der Waals surface area contributed by atoms with E-state index in [1.807, 2.05) is 82.3 Å². The van der Waals surface area contributed by atoms with Gasteiger partial charge in [0, 0.05) is 41.6 Å². The van der Waals surface area contributed by atoms with Gasteiger partial charge < -0.3 is 9.47 Å². The van der Waals surface area contributed by atoms with Crippen molar-refractivity contribution in [2.75, 3.05) is 0 Å². The third-order valence-corrected chi connectivity index (χ3v) is 4.87. The highest BCUT2D eigenvalue weighted by atomic mass is 16.2. The molecule has 132 valence electrons. The molecular weight excluding hydrogens is 310 g/mol. The number of nitrogens with zero attached hydrogens (tertiary/aromatic N) is 3. The van der Waals surface area contributed by atoms with E-state index in [-0.39, 0.29) is 18.0 Å². The molecule has 0 radical (unpaired) electrons. The van der Waals surface area contributed by atoms with Gasteiger partial charge in [-0.1, -0.05) is 18.2 Å². The highest BCUT2D eigenvalue weighted by Gasteiger charge is 2.26. The Bertz CT molecular complexity index is 830. The molecule has 1 aromatic carbocycles. The van der Waals surface area contributed by atoms with Crippen LogP contribution < -0.4 is 0 Å². The van der Waals surface area contributed by atoms with Crippen molar-refractivity contribution in [2.45, 2.75) is 53.6 Å². The Labute approximate surface area is 150 Å². The molecule has 1 amide bonds. The van der Waals surface area contributed by atoms with Crippen molar-refractivity contribution < 1.29 is 4.79 Å². The highest BCUT2D eigenvalue weighted by molar-refractivity contribution is 6.02. The first kappa shape index (κ1) is 18.8. The van der Waals surface area contributed by atoms with Crippen molar-refractivity contribution in [3.05, 3.63) is 46.8 Å². The van der Waals surface area contributed by atoms with Gasteiger partial charge >= 0.3 is 0 Å². The number of carbonyl (C=O) groups is 1. The van der Waals surface area contributed by atoms with Gasteiger partial charge in [-0.15, -0.1) is 0 Å². The summed E-state index contributed by atoms with van der Waals surface area (Å²) in [5.41, 5.74) is 4.89. The molecule has 0 N–H and O–H groups in total. The van der Waals surface area contributed by atoms with E-state index in [9.17, 15) is 10.1 Å². The Balaban J connectivity index is 2.71. The average molecular weight is 337 g/mol. The fraction of sp³-hybridized carbons (Fsp3) is 0.429. The van der Waals surface area contributed by atoms with Crippen molar-refractivity contribution in [1.29, 1.82) is 5.26 Å². The van der Waals surface area contributed by atoms with Crippen molar-refractivity contribution in [1.82, 2.24) is 9.47 Å². The van der Waals surface area contributed by atoms with Crippen LogP contribution in [-0.2, 0) is 7.05 Å². The number of nitriles is 1. The molecule has 0 atom stereocenters. The zero-order valence-electron chi connectivity index (χ0n) is 16.2. The topological polar surface area (TPSA) is 49.0 Å². The fourth-order valence-electron chi connectivity index (χ4n) is 3.51. The van der Waals surface area contributed by atoms with Gasteiger partial charge in [0.1, 0.15) is 6.07 Å². The van der Waals surface area contributed by atoms with Crippen LogP contribution in [-0.4, -0.2) is 27.5 Å². The predicted octanol–water partition coefficient (Wildman–Crippen LogP) is 4.44. The zero-order valence-corrected chi connectivity index (χ0v) is 16.2. The van der Waals surface area contributed by atoms with Crippen molar-refractivity contribution in [3.63, 3.8) is 0 Å². The largest absolute Gasteiger partial charge is 0.350 e. The van der Waals surface area contributed by atoms with Crippen molar-refractivity contribution in [3.8, 4) is 17.2 Å². The fourth-order valence-corrected chi connectivity index (χ4v) is 3.51.